The Bertz CT molecular complexity index is 1070. The summed E-state index contributed by atoms with van der Waals surface area (Å²) >= 11 is 2.74. The van der Waals surface area contributed by atoms with Gasteiger partial charge in [0.25, 0.3) is 11.7 Å². The number of thiophene rings is 2. The quantitative estimate of drug-likeness (QED) is 0.542. The number of aromatic nitrogens is 4. The van der Waals surface area contributed by atoms with Gasteiger partial charge in [0.2, 0.25) is 5.82 Å². The molecular formula is C16H11N5O3S2. The Labute approximate surface area is 155 Å². The highest BCUT2D eigenvalue weighted by atomic mass is 32.1. The second-order valence-corrected chi connectivity index (χ2v) is 6.90. The predicted octanol–water partition coefficient (Wildman–Crippen LogP) is 2.95. The van der Waals surface area contributed by atoms with E-state index in [1.807, 2.05) is 22.9 Å². The molecule has 0 saturated heterocycles. The Morgan fingerprint density at radius 2 is 2.15 bits per heavy atom. The van der Waals surface area contributed by atoms with Gasteiger partial charge in [-0.25, -0.2) is 14.3 Å². The largest absolute Gasteiger partial charge is 0.465 e. The molecule has 0 aliphatic heterocycles. The number of nitrogens with one attached hydrogen (secondary N) is 1. The molecule has 0 radical (unpaired) electrons. The Hall–Kier alpha value is -3.11. The lowest BCUT2D eigenvalue weighted by Crippen LogP contribution is -2.15. The molecule has 0 aliphatic rings. The summed E-state index contributed by atoms with van der Waals surface area (Å²) in [6, 6.07) is 5.48. The van der Waals surface area contributed by atoms with Gasteiger partial charge >= 0.3 is 5.97 Å². The van der Waals surface area contributed by atoms with Crippen LogP contribution in [0.3, 0.4) is 0 Å². The molecule has 0 spiro atoms. The van der Waals surface area contributed by atoms with Crippen LogP contribution >= 0.6 is 22.7 Å². The molecule has 0 atom stereocenters. The van der Waals surface area contributed by atoms with Crippen LogP contribution in [0.2, 0.25) is 0 Å². The number of carbonyl (C=O) groups is 2. The fraction of sp³-hybridized carbons (Fsp3) is 0.0625. The molecule has 26 heavy (non-hydrogen) atoms. The molecule has 4 aromatic rings. The van der Waals surface area contributed by atoms with E-state index in [9.17, 15) is 9.59 Å². The molecule has 4 rings (SSSR count). The monoisotopic (exact) mass is 385 g/mol. The zero-order valence-electron chi connectivity index (χ0n) is 13.4. The van der Waals surface area contributed by atoms with Crippen molar-refractivity contribution in [2.75, 3.05) is 12.4 Å². The fourth-order valence-corrected chi connectivity index (χ4v) is 4.12. The van der Waals surface area contributed by atoms with E-state index in [1.165, 1.54) is 34.3 Å². The van der Waals surface area contributed by atoms with Crippen molar-refractivity contribution in [1.82, 2.24) is 19.6 Å². The highest BCUT2D eigenvalue weighted by Crippen LogP contribution is 2.38. The van der Waals surface area contributed by atoms with Gasteiger partial charge in [-0.05, 0) is 17.5 Å². The lowest BCUT2D eigenvalue weighted by Gasteiger charge is -2.05. The molecule has 10 heteroatoms. The summed E-state index contributed by atoms with van der Waals surface area (Å²) < 4.78 is 6.29. The topological polar surface area (TPSA) is 98.5 Å². The van der Waals surface area contributed by atoms with Gasteiger partial charge in [-0.2, -0.15) is 4.98 Å². The lowest BCUT2D eigenvalue weighted by atomic mass is 10.1. The second-order valence-electron chi connectivity index (χ2n) is 5.08. The molecule has 1 amide bonds. The van der Waals surface area contributed by atoms with E-state index >= 15 is 0 Å². The van der Waals surface area contributed by atoms with E-state index in [-0.39, 0.29) is 5.82 Å². The van der Waals surface area contributed by atoms with Gasteiger partial charge in [0.1, 0.15) is 10.6 Å². The molecule has 4 aromatic heterocycles. The first kappa shape index (κ1) is 16.4. The van der Waals surface area contributed by atoms with Gasteiger partial charge in [-0.3, -0.25) is 4.79 Å². The third-order valence-electron chi connectivity index (χ3n) is 3.51. The van der Waals surface area contributed by atoms with Gasteiger partial charge in [0.15, 0.2) is 0 Å². The minimum absolute atomic E-state index is 0.0365. The highest BCUT2D eigenvalue weighted by molar-refractivity contribution is 7.17. The molecule has 0 saturated carbocycles. The van der Waals surface area contributed by atoms with Crippen LogP contribution in [0.5, 0.6) is 0 Å². The van der Waals surface area contributed by atoms with Crippen molar-refractivity contribution in [2.24, 2.45) is 0 Å². The third kappa shape index (κ3) is 2.85. The minimum atomic E-state index is -0.528. The number of hydrogen-bond donors (Lipinski definition) is 1. The number of amides is 1. The SMILES string of the molecule is COC(=O)c1c(-c2cccs2)csc1NC(=O)c1nc2ncccn2n1. The van der Waals surface area contributed by atoms with E-state index < -0.39 is 11.9 Å². The van der Waals surface area contributed by atoms with Crippen LogP contribution in [0.25, 0.3) is 16.2 Å². The summed E-state index contributed by atoms with van der Waals surface area (Å²) in [5, 5.41) is 10.9. The Morgan fingerprint density at radius 1 is 1.27 bits per heavy atom. The normalized spacial score (nSPS) is 10.8. The first-order valence-electron chi connectivity index (χ1n) is 7.40. The first-order chi connectivity index (χ1) is 12.7. The number of rotatable bonds is 4. The van der Waals surface area contributed by atoms with Gasteiger partial charge < -0.3 is 10.1 Å². The first-order valence-corrected chi connectivity index (χ1v) is 9.15. The van der Waals surface area contributed by atoms with Crippen molar-refractivity contribution in [3.63, 3.8) is 0 Å². The molecule has 8 nitrogen and oxygen atoms in total. The number of fused-ring (bicyclic) bond motifs is 1. The summed E-state index contributed by atoms with van der Waals surface area (Å²) in [6.07, 6.45) is 3.21. The average Bonchev–Trinajstić information content (AvgIpc) is 3.39. The summed E-state index contributed by atoms with van der Waals surface area (Å²) in [5.41, 5.74) is 1.03. The smallest absolute Gasteiger partial charge is 0.341 e. The molecule has 0 unspecified atom stereocenters. The van der Waals surface area contributed by atoms with Gasteiger partial charge in [0.05, 0.1) is 7.11 Å². The van der Waals surface area contributed by atoms with Crippen LogP contribution < -0.4 is 5.32 Å². The maximum Gasteiger partial charge on any atom is 0.341 e. The Kier molecular flexibility index (Phi) is 4.19. The molecule has 0 fully saturated rings. The van der Waals surface area contributed by atoms with Crippen molar-refractivity contribution in [3.05, 3.63) is 52.7 Å². The van der Waals surface area contributed by atoms with E-state index in [4.69, 9.17) is 4.74 Å². The highest BCUT2D eigenvalue weighted by Gasteiger charge is 2.24. The fourth-order valence-electron chi connectivity index (χ4n) is 2.36. The third-order valence-corrected chi connectivity index (χ3v) is 5.31. The summed E-state index contributed by atoms with van der Waals surface area (Å²) in [4.78, 5) is 33.8. The molecule has 4 heterocycles. The van der Waals surface area contributed by atoms with Crippen molar-refractivity contribution >= 4 is 45.3 Å². The number of anilines is 1. The van der Waals surface area contributed by atoms with Crippen LogP contribution in [0.15, 0.2) is 41.4 Å². The number of carbonyl (C=O) groups excluding carboxylic acids is 2. The average molecular weight is 385 g/mol. The van der Waals surface area contributed by atoms with Crippen LogP contribution in [-0.2, 0) is 4.74 Å². The Morgan fingerprint density at radius 3 is 2.88 bits per heavy atom. The summed E-state index contributed by atoms with van der Waals surface area (Å²) in [6.45, 7) is 0. The van der Waals surface area contributed by atoms with E-state index in [2.05, 4.69) is 20.4 Å². The number of ether oxygens (including phenoxy) is 1. The maximum absolute atomic E-state index is 12.5. The number of esters is 1. The van der Waals surface area contributed by atoms with Gasteiger partial charge in [-0.1, -0.05) is 6.07 Å². The molecule has 0 bridgehead atoms. The Balaban J connectivity index is 1.69. The van der Waals surface area contributed by atoms with E-state index in [0.29, 0.717) is 16.3 Å². The van der Waals surface area contributed by atoms with E-state index in [0.717, 1.165) is 10.4 Å². The van der Waals surface area contributed by atoms with Crippen LogP contribution in [-0.4, -0.2) is 38.6 Å². The van der Waals surface area contributed by atoms with Crippen LogP contribution in [0.4, 0.5) is 5.00 Å². The standard InChI is InChI=1S/C16H11N5O3S2/c1-24-15(23)11-9(10-4-2-7-25-10)8-26-14(11)19-13(22)12-18-16-17-5-3-6-21(16)20-12/h2-8H,1H3,(H,19,22). The molecular weight excluding hydrogens is 374 g/mol. The number of methoxy groups -OCH3 is 1. The number of nitrogens with zero attached hydrogens (tertiary/aromatic N) is 4. The minimum Gasteiger partial charge on any atom is -0.465 e. The zero-order chi connectivity index (χ0) is 18.1. The van der Waals surface area contributed by atoms with Crippen LogP contribution in [0, 0.1) is 0 Å². The van der Waals surface area contributed by atoms with Crippen molar-refractivity contribution < 1.29 is 14.3 Å². The molecule has 0 aliphatic carbocycles. The number of hydrogen-bond acceptors (Lipinski definition) is 8. The van der Waals surface area contributed by atoms with Crippen molar-refractivity contribution in [1.29, 1.82) is 0 Å². The summed E-state index contributed by atoms with van der Waals surface area (Å²) in [7, 11) is 1.30. The maximum atomic E-state index is 12.5. The van der Waals surface area contributed by atoms with Crippen molar-refractivity contribution in [2.45, 2.75) is 0 Å². The zero-order valence-corrected chi connectivity index (χ0v) is 15.0. The molecule has 1 N–H and O–H groups in total. The summed E-state index contributed by atoms with van der Waals surface area (Å²) in [5.74, 6) is -0.767. The van der Waals surface area contributed by atoms with Gasteiger partial charge in [-0.15, -0.1) is 27.8 Å². The van der Waals surface area contributed by atoms with Crippen LogP contribution in [0.1, 0.15) is 21.0 Å². The van der Waals surface area contributed by atoms with Gasteiger partial charge in [0, 0.05) is 28.2 Å². The lowest BCUT2D eigenvalue weighted by molar-refractivity contribution is 0.0603. The van der Waals surface area contributed by atoms with Crippen molar-refractivity contribution in [3.8, 4) is 10.4 Å². The molecule has 130 valence electrons. The second kappa shape index (κ2) is 6.65. The van der Waals surface area contributed by atoms with E-state index in [1.54, 1.807) is 18.5 Å². The predicted molar refractivity (Wildman–Crippen MR) is 97.7 cm³/mol. The molecule has 0 aromatic carbocycles.